The lowest BCUT2D eigenvalue weighted by Gasteiger charge is -2.31. The largest absolute Gasteiger partial charge is 0.350 e. The summed E-state index contributed by atoms with van der Waals surface area (Å²) in [6.45, 7) is 3.89. The van der Waals surface area contributed by atoms with Gasteiger partial charge in [-0.05, 0) is 31.9 Å². The van der Waals surface area contributed by atoms with Gasteiger partial charge in [-0.2, -0.15) is 9.36 Å². The zero-order chi connectivity index (χ0) is 15.8. The third kappa shape index (κ3) is 3.16. The van der Waals surface area contributed by atoms with E-state index in [9.17, 15) is 0 Å². The predicted octanol–water partition coefficient (Wildman–Crippen LogP) is 2.73. The van der Waals surface area contributed by atoms with Gasteiger partial charge in [-0.25, -0.2) is 9.50 Å². The first kappa shape index (κ1) is 14.8. The minimum atomic E-state index is 0.390. The molecule has 0 aromatic carbocycles. The van der Waals surface area contributed by atoms with Crippen LogP contribution in [0.15, 0.2) is 22.8 Å². The minimum absolute atomic E-state index is 0.390. The molecule has 7 nitrogen and oxygen atoms in total. The highest BCUT2D eigenvalue weighted by Crippen LogP contribution is 2.23. The van der Waals surface area contributed by atoms with E-state index in [-0.39, 0.29) is 0 Å². The number of aromatic nitrogens is 5. The summed E-state index contributed by atoms with van der Waals surface area (Å²) in [6, 6.07) is 4.30. The number of piperidine rings is 1. The van der Waals surface area contributed by atoms with Crippen LogP contribution in [0.3, 0.4) is 0 Å². The van der Waals surface area contributed by atoms with Gasteiger partial charge in [0.1, 0.15) is 5.82 Å². The number of aryl methyl sites for hydroxylation is 1. The third-order valence-corrected chi connectivity index (χ3v) is 5.28. The van der Waals surface area contributed by atoms with Gasteiger partial charge in [-0.1, -0.05) is 15.9 Å². The van der Waals surface area contributed by atoms with Gasteiger partial charge >= 0.3 is 0 Å². The molecule has 9 heteroatoms. The highest BCUT2D eigenvalue weighted by atomic mass is 79.9. The van der Waals surface area contributed by atoms with E-state index in [4.69, 9.17) is 0 Å². The molecular weight excluding hydrogens is 378 g/mol. The summed E-state index contributed by atoms with van der Waals surface area (Å²) in [6.07, 6.45) is 3.98. The second-order valence-corrected chi connectivity index (χ2v) is 7.26. The highest BCUT2D eigenvalue weighted by Gasteiger charge is 2.22. The molecule has 0 saturated carbocycles. The zero-order valence-corrected chi connectivity index (χ0v) is 15.0. The topological polar surface area (TPSA) is 71.2 Å². The molecule has 1 fully saturated rings. The lowest BCUT2D eigenvalue weighted by Crippen LogP contribution is -2.39. The van der Waals surface area contributed by atoms with Crippen LogP contribution in [0, 0.1) is 6.92 Å². The van der Waals surface area contributed by atoms with E-state index in [1.807, 2.05) is 25.3 Å². The molecule has 4 rings (SSSR count). The molecule has 0 unspecified atom stereocenters. The Morgan fingerprint density at radius 1 is 1.30 bits per heavy atom. The first-order valence-corrected chi connectivity index (χ1v) is 9.08. The summed E-state index contributed by atoms with van der Waals surface area (Å²) in [4.78, 5) is 11.3. The SMILES string of the molecule is Cc1nsc(N2CCC(Nc3nc4cc(Br)ccn4n3)CC2)n1. The van der Waals surface area contributed by atoms with Crippen LogP contribution in [0.5, 0.6) is 0 Å². The van der Waals surface area contributed by atoms with E-state index >= 15 is 0 Å². The molecule has 0 bridgehead atoms. The van der Waals surface area contributed by atoms with Crippen LogP contribution in [0.25, 0.3) is 5.65 Å². The Hall–Kier alpha value is -1.74. The lowest BCUT2D eigenvalue weighted by molar-refractivity contribution is 0.523. The second-order valence-electron chi connectivity index (χ2n) is 5.61. The monoisotopic (exact) mass is 393 g/mol. The Labute approximate surface area is 146 Å². The van der Waals surface area contributed by atoms with Crippen molar-refractivity contribution in [1.29, 1.82) is 0 Å². The number of rotatable bonds is 3. The van der Waals surface area contributed by atoms with Crippen molar-refractivity contribution in [1.82, 2.24) is 24.0 Å². The molecule has 1 saturated heterocycles. The normalized spacial score (nSPS) is 16.2. The molecular formula is C14H16BrN7S. The number of pyridine rings is 1. The van der Waals surface area contributed by atoms with E-state index in [1.54, 1.807) is 4.52 Å². The maximum Gasteiger partial charge on any atom is 0.243 e. The van der Waals surface area contributed by atoms with Crippen molar-refractivity contribution in [3.05, 3.63) is 28.6 Å². The fourth-order valence-electron chi connectivity index (χ4n) is 2.73. The Bertz CT molecular complexity index is 822. The molecule has 4 heterocycles. The fourth-order valence-corrected chi connectivity index (χ4v) is 3.78. The zero-order valence-electron chi connectivity index (χ0n) is 12.6. The maximum atomic E-state index is 4.53. The summed E-state index contributed by atoms with van der Waals surface area (Å²) < 4.78 is 7.04. The molecule has 0 aliphatic carbocycles. The number of anilines is 2. The fraction of sp³-hybridized carbons (Fsp3) is 0.429. The number of nitrogens with zero attached hydrogens (tertiary/aromatic N) is 6. The van der Waals surface area contributed by atoms with Crippen molar-refractivity contribution in [2.45, 2.75) is 25.8 Å². The Morgan fingerprint density at radius 3 is 2.87 bits per heavy atom. The van der Waals surface area contributed by atoms with Crippen LogP contribution in [-0.4, -0.2) is 43.1 Å². The number of halogens is 1. The number of fused-ring (bicyclic) bond motifs is 1. The van der Waals surface area contributed by atoms with Gasteiger partial charge in [0.05, 0.1) is 0 Å². The summed E-state index contributed by atoms with van der Waals surface area (Å²) >= 11 is 4.93. The van der Waals surface area contributed by atoms with Crippen LogP contribution in [-0.2, 0) is 0 Å². The summed E-state index contributed by atoms with van der Waals surface area (Å²) in [5.41, 5.74) is 0.837. The van der Waals surface area contributed by atoms with Crippen LogP contribution in [0.2, 0.25) is 0 Å². The van der Waals surface area contributed by atoms with Crippen molar-refractivity contribution in [2.24, 2.45) is 0 Å². The van der Waals surface area contributed by atoms with Gasteiger partial charge in [-0.3, -0.25) is 0 Å². The Kier molecular flexibility index (Phi) is 3.90. The van der Waals surface area contributed by atoms with E-state index in [0.717, 1.165) is 47.0 Å². The highest BCUT2D eigenvalue weighted by molar-refractivity contribution is 9.10. The smallest absolute Gasteiger partial charge is 0.243 e. The molecule has 1 N–H and O–H groups in total. The van der Waals surface area contributed by atoms with E-state index in [2.05, 4.69) is 45.6 Å². The number of hydrogen-bond donors (Lipinski definition) is 1. The van der Waals surface area contributed by atoms with Gasteiger partial charge in [0.25, 0.3) is 0 Å². The molecule has 3 aromatic heterocycles. The summed E-state index contributed by atoms with van der Waals surface area (Å²) in [5, 5.41) is 8.94. The van der Waals surface area contributed by atoms with Gasteiger partial charge < -0.3 is 10.2 Å². The van der Waals surface area contributed by atoms with Crippen molar-refractivity contribution >= 4 is 44.2 Å². The Balaban J connectivity index is 1.40. The van der Waals surface area contributed by atoms with Crippen molar-refractivity contribution in [3.63, 3.8) is 0 Å². The second kappa shape index (κ2) is 6.04. The average molecular weight is 394 g/mol. The predicted molar refractivity (Wildman–Crippen MR) is 94.2 cm³/mol. The van der Waals surface area contributed by atoms with Gasteiger partial charge in [-0.15, -0.1) is 5.10 Å². The summed E-state index contributed by atoms with van der Waals surface area (Å²) in [7, 11) is 0. The van der Waals surface area contributed by atoms with E-state index < -0.39 is 0 Å². The van der Waals surface area contributed by atoms with Gasteiger partial charge in [0, 0.05) is 41.3 Å². The molecule has 0 spiro atoms. The van der Waals surface area contributed by atoms with Crippen molar-refractivity contribution in [2.75, 3.05) is 23.3 Å². The third-order valence-electron chi connectivity index (χ3n) is 3.92. The average Bonchev–Trinajstić information content (AvgIpc) is 3.13. The molecule has 0 atom stereocenters. The lowest BCUT2D eigenvalue weighted by atomic mass is 10.1. The molecule has 0 amide bonds. The van der Waals surface area contributed by atoms with Gasteiger partial charge in [0.2, 0.25) is 11.1 Å². The van der Waals surface area contributed by atoms with Crippen LogP contribution in [0.1, 0.15) is 18.7 Å². The summed E-state index contributed by atoms with van der Waals surface area (Å²) in [5.74, 6) is 1.54. The molecule has 1 aliphatic heterocycles. The molecule has 0 radical (unpaired) electrons. The molecule has 23 heavy (non-hydrogen) atoms. The van der Waals surface area contributed by atoms with E-state index in [1.165, 1.54) is 11.5 Å². The first-order valence-electron chi connectivity index (χ1n) is 7.51. The van der Waals surface area contributed by atoms with Crippen LogP contribution in [0.4, 0.5) is 11.1 Å². The molecule has 3 aromatic rings. The van der Waals surface area contributed by atoms with Crippen molar-refractivity contribution < 1.29 is 0 Å². The Morgan fingerprint density at radius 2 is 2.13 bits per heavy atom. The van der Waals surface area contributed by atoms with Crippen molar-refractivity contribution in [3.8, 4) is 0 Å². The standard InChI is InChI=1S/C14H16BrN7S/c1-9-16-14(23-20-9)21-5-3-11(4-6-21)17-13-18-12-8-10(15)2-7-22(12)19-13/h2,7-8,11H,3-6H2,1H3,(H,17,19). The quantitative estimate of drug-likeness (QED) is 0.737. The molecule has 120 valence electrons. The number of hydrogen-bond acceptors (Lipinski definition) is 7. The van der Waals surface area contributed by atoms with Gasteiger partial charge in [0.15, 0.2) is 5.65 Å². The minimum Gasteiger partial charge on any atom is -0.350 e. The van der Waals surface area contributed by atoms with E-state index in [0.29, 0.717) is 12.0 Å². The maximum absolute atomic E-state index is 4.53. The number of nitrogens with one attached hydrogen (secondary N) is 1. The molecule has 1 aliphatic rings. The van der Waals surface area contributed by atoms with Crippen LogP contribution >= 0.6 is 27.5 Å². The van der Waals surface area contributed by atoms with Crippen LogP contribution < -0.4 is 10.2 Å². The first-order chi connectivity index (χ1) is 11.2.